The van der Waals surface area contributed by atoms with Crippen molar-refractivity contribution in [2.45, 2.75) is 44.8 Å². The van der Waals surface area contributed by atoms with E-state index < -0.39 is 6.29 Å². The van der Waals surface area contributed by atoms with Crippen molar-refractivity contribution in [2.75, 3.05) is 0 Å². The number of imidazole rings is 1. The largest absolute Gasteiger partial charge is 0.459 e. The van der Waals surface area contributed by atoms with Crippen LogP contribution in [0.1, 0.15) is 46.0 Å². The molecule has 3 N–H and O–H groups in total. The summed E-state index contributed by atoms with van der Waals surface area (Å²) in [7, 11) is 0. The summed E-state index contributed by atoms with van der Waals surface area (Å²) in [6.45, 7) is 0.573. The van der Waals surface area contributed by atoms with Crippen molar-refractivity contribution in [3.8, 4) is 11.1 Å². The van der Waals surface area contributed by atoms with Crippen molar-refractivity contribution >= 4 is 16.9 Å². The van der Waals surface area contributed by atoms with E-state index in [9.17, 15) is 9.90 Å². The Morgan fingerprint density at radius 2 is 1.74 bits per heavy atom. The zero-order chi connectivity index (χ0) is 28.5. The molecule has 2 heterocycles. The highest BCUT2D eigenvalue weighted by molar-refractivity contribution is 5.91. The number of benzene rings is 4. The van der Waals surface area contributed by atoms with Gasteiger partial charge in [-0.05, 0) is 63.6 Å². The molecule has 7 rings (SSSR count). The first-order valence-corrected chi connectivity index (χ1v) is 14.3. The highest BCUT2D eigenvalue weighted by atomic mass is 16.7. The highest BCUT2D eigenvalue weighted by Gasteiger charge is 2.32. The number of aromatic nitrogens is 2. The molecule has 210 valence electrons. The third kappa shape index (κ3) is 5.20. The summed E-state index contributed by atoms with van der Waals surface area (Å²) in [6, 6.07) is 30.4. The lowest BCUT2D eigenvalue weighted by atomic mass is 9.87. The van der Waals surface area contributed by atoms with Crippen LogP contribution in [0, 0.1) is 0 Å². The molecule has 0 bridgehead atoms. The smallest absolute Gasteiger partial charge is 0.286 e. The molecule has 1 aliphatic heterocycles. The number of aromatic amines is 1. The Hall–Kier alpha value is -4.72. The number of carbonyl (C=O) groups is 1. The topological polar surface area (TPSA) is 96.5 Å². The van der Waals surface area contributed by atoms with Gasteiger partial charge in [0, 0.05) is 12.3 Å². The number of para-hydroxylation sites is 2. The van der Waals surface area contributed by atoms with E-state index in [0.717, 1.165) is 28.6 Å². The number of allylic oxidation sites excluding steroid dienone is 1. The summed E-state index contributed by atoms with van der Waals surface area (Å²) in [5.41, 5.74) is 9.92. The van der Waals surface area contributed by atoms with Gasteiger partial charge in [0.2, 0.25) is 6.29 Å². The van der Waals surface area contributed by atoms with Crippen LogP contribution in [0.3, 0.4) is 0 Å². The van der Waals surface area contributed by atoms with Crippen molar-refractivity contribution in [1.82, 2.24) is 15.3 Å². The number of nitrogens with zero attached hydrogens (tertiary/aromatic N) is 1. The molecule has 1 amide bonds. The number of H-pyrrole nitrogens is 1. The molecule has 0 fully saturated rings. The van der Waals surface area contributed by atoms with Gasteiger partial charge in [-0.25, -0.2) is 4.98 Å². The Kier molecular flexibility index (Phi) is 7.03. The standard InChI is InChI=1S/C35H31N3O4/c39-20-22-12-14-23(15-13-22)21-41-34-18-25(27-8-5-9-28-26-7-2-1-6-24(26)16-29(27)28)17-32(42-34)35(40)36-19-33-37-30-10-3-4-11-31(30)38-33/h1-15,17,25,34,39H,16,18-21H2,(H,36,40)(H,37,38)/t25-,34+/m0/s1. The van der Waals surface area contributed by atoms with Gasteiger partial charge in [0.1, 0.15) is 5.82 Å². The Bertz CT molecular complexity index is 1760. The van der Waals surface area contributed by atoms with E-state index in [1.54, 1.807) is 0 Å². The molecule has 7 nitrogen and oxygen atoms in total. The first kappa shape index (κ1) is 26.2. The average molecular weight is 558 g/mol. The fourth-order valence-electron chi connectivity index (χ4n) is 5.94. The lowest BCUT2D eigenvalue weighted by molar-refractivity contribution is -0.150. The van der Waals surface area contributed by atoms with E-state index in [0.29, 0.717) is 18.9 Å². The van der Waals surface area contributed by atoms with E-state index in [2.05, 4.69) is 57.7 Å². The summed E-state index contributed by atoms with van der Waals surface area (Å²) in [5, 5.41) is 12.3. The molecular weight excluding hydrogens is 526 g/mol. The number of rotatable bonds is 8. The summed E-state index contributed by atoms with van der Waals surface area (Å²) in [4.78, 5) is 21.3. The second kappa shape index (κ2) is 11.3. The Morgan fingerprint density at radius 1 is 0.952 bits per heavy atom. The van der Waals surface area contributed by atoms with Crippen LogP contribution in [-0.4, -0.2) is 27.3 Å². The van der Waals surface area contributed by atoms with Gasteiger partial charge in [-0.3, -0.25) is 4.79 Å². The Morgan fingerprint density at radius 3 is 2.60 bits per heavy atom. The number of nitrogens with one attached hydrogen (secondary N) is 2. The molecule has 42 heavy (non-hydrogen) atoms. The molecule has 0 spiro atoms. The van der Waals surface area contributed by atoms with Crippen molar-refractivity contribution in [1.29, 1.82) is 0 Å². The number of ether oxygens (including phenoxy) is 2. The fourth-order valence-corrected chi connectivity index (χ4v) is 5.94. The Labute approximate surface area is 243 Å². The van der Waals surface area contributed by atoms with Gasteiger partial charge >= 0.3 is 0 Å². The van der Waals surface area contributed by atoms with Gasteiger partial charge in [-0.1, -0.05) is 78.9 Å². The number of carbonyl (C=O) groups excluding carboxylic acids is 1. The van der Waals surface area contributed by atoms with E-state index >= 15 is 0 Å². The van der Waals surface area contributed by atoms with Gasteiger partial charge in [0.25, 0.3) is 5.91 Å². The predicted octanol–water partition coefficient (Wildman–Crippen LogP) is 5.87. The van der Waals surface area contributed by atoms with E-state index in [4.69, 9.17) is 9.47 Å². The zero-order valence-corrected chi connectivity index (χ0v) is 23.0. The average Bonchev–Trinajstić information content (AvgIpc) is 3.64. The minimum Gasteiger partial charge on any atom is -0.459 e. The molecule has 0 unspecified atom stereocenters. The predicted molar refractivity (Wildman–Crippen MR) is 160 cm³/mol. The third-order valence-electron chi connectivity index (χ3n) is 8.06. The van der Waals surface area contributed by atoms with Gasteiger partial charge in [-0.2, -0.15) is 0 Å². The van der Waals surface area contributed by atoms with Crippen LogP contribution in [0.15, 0.2) is 103 Å². The van der Waals surface area contributed by atoms with Crippen LogP contribution < -0.4 is 5.32 Å². The monoisotopic (exact) mass is 557 g/mol. The summed E-state index contributed by atoms with van der Waals surface area (Å²) < 4.78 is 12.4. The second-order valence-electron chi connectivity index (χ2n) is 10.8. The first-order chi connectivity index (χ1) is 20.6. The molecule has 1 aliphatic carbocycles. The quantitative estimate of drug-likeness (QED) is 0.217. The molecular formula is C35H31N3O4. The van der Waals surface area contributed by atoms with Gasteiger partial charge < -0.3 is 24.9 Å². The second-order valence-corrected chi connectivity index (χ2v) is 10.8. The van der Waals surface area contributed by atoms with Crippen molar-refractivity contribution in [3.05, 3.63) is 136 Å². The highest BCUT2D eigenvalue weighted by Crippen LogP contribution is 2.43. The maximum absolute atomic E-state index is 13.4. The lowest BCUT2D eigenvalue weighted by Crippen LogP contribution is -2.33. The maximum Gasteiger partial charge on any atom is 0.286 e. The number of fused-ring (bicyclic) bond motifs is 4. The molecule has 2 aliphatic rings. The zero-order valence-electron chi connectivity index (χ0n) is 23.0. The number of hydrogen-bond acceptors (Lipinski definition) is 5. The normalized spacial score (nSPS) is 17.3. The molecule has 4 aromatic carbocycles. The van der Waals surface area contributed by atoms with Crippen LogP contribution >= 0.6 is 0 Å². The van der Waals surface area contributed by atoms with E-state index in [1.165, 1.54) is 27.8 Å². The number of hydrogen-bond donors (Lipinski definition) is 3. The molecule has 2 atom stereocenters. The third-order valence-corrected chi connectivity index (χ3v) is 8.06. The minimum absolute atomic E-state index is 0.00286. The van der Waals surface area contributed by atoms with Gasteiger partial charge in [0.15, 0.2) is 5.76 Å². The fraction of sp³-hybridized carbons (Fsp3) is 0.200. The maximum atomic E-state index is 13.4. The number of aliphatic hydroxyl groups excluding tert-OH is 1. The van der Waals surface area contributed by atoms with E-state index in [-0.39, 0.29) is 30.7 Å². The van der Waals surface area contributed by atoms with Crippen LogP contribution in [0.2, 0.25) is 0 Å². The summed E-state index contributed by atoms with van der Waals surface area (Å²) in [6.07, 6.45) is 2.78. The van der Waals surface area contributed by atoms with Crippen molar-refractivity contribution in [2.24, 2.45) is 0 Å². The SMILES string of the molecule is O=C(NCc1nc2ccccc2[nH]1)C1=C[C@H](c2cccc3c2Cc2ccccc2-3)C[C@H](OCc2ccc(CO)cc2)O1. The Balaban J connectivity index is 1.14. The van der Waals surface area contributed by atoms with Crippen molar-refractivity contribution in [3.63, 3.8) is 0 Å². The van der Waals surface area contributed by atoms with Crippen LogP contribution in [0.25, 0.3) is 22.2 Å². The van der Waals surface area contributed by atoms with E-state index in [1.807, 2.05) is 54.6 Å². The molecule has 7 heteroatoms. The summed E-state index contributed by atoms with van der Waals surface area (Å²) >= 11 is 0. The minimum atomic E-state index is -0.607. The first-order valence-electron chi connectivity index (χ1n) is 14.3. The van der Waals surface area contributed by atoms with Crippen LogP contribution in [-0.2, 0) is 40.4 Å². The number of amides is 1. The summed E-state index contributed by atoms with van der Waals surface area (Å²) in [5.74, 6) is 0.556. The molecule has 0 radical (unpaired) electrons. The molecule has 0 saturated heterocycles. The number of aliphatic hydroxyl groups is 1. The lowest BCUT2D eigenvalue weighted by Gasteiger charge is -2.30. The molecule has 5 aromatic rings. The molecule has 0 saturated carbocycles. The van der Waals surface area contributed by atoms with Gasteiger partial charge in [-0.15, -0.1) is 0 Å². The van der Waals surface area contributed by atoms with Crippen LogP contribution in [0.5, 0.6) is 0 Å². The molecule has 1 aromatic heterocycles. The van der Waals surface area contributed by atoms with Gasteiger partial charge in [0.05, 0.1) is 30.8 Å². The van der Waals surface area contributed by atoms with Crippen molar-refractivity contribution < 1.29 is 19.4 Å². The van der Waals surface area contributed by atoms with Crippen LogP contribution in [0.4, 0.5) is 0 Å².